The molecule has 1 aliphatic heterocycles. The molecule has 0 bridgehead atoms. The highest BCUT2D eigenvalue weighted by molar-refractivity contribution is 6.01. The van der Waals surface area contributed by atoms with Gasteiger partial charge in [0, 0.05) is 18.7 Å². The molecular formula is C20H21FN2O4. The van der Waals surface area contributed by atoms with Crippen molar-refractivity contribution in [3.8, 4) is 11.5 Å². The summed E-state index contributed by atoms with van der Waals surface area (Å²) in [5.74, 6) is -0.363. The fraction of sp³-hybridized carbons (Fsp3) is 0.300. The summed E-state index contributed by atoms with van der Waals surface area (Å²) in [4.78, 5) is 24.4. The second-order valence-electron chi connectivity index (χ2n) is 6.27. The molecule has 1 atom stereocenters. The predicted octanol–water partition coefficient (Wildman–Crippen LogP) is 2.63. The predicted molar refractivity (Wildman–Crippen MR) is 98.6 cm³/mol. The number of carbonyl (C=O) groups is 2. The van der Waals surface area contributed by atoms with E-state index in [2.05, 4.69) is 10.6 Å². The van der Waals surface area contributed by atoms with Crippen LogP contribution in [-0.4, -0.2) is 32.6 Å². The van der Waals surface area contributed by atoms with Crippen LogP contribution in [0.25, 0.3) is 0 Å². The lowest BCUT2D eigenvalue weighted by Gasteiger charge is -2.25. The standard InChI is InChI=1S/C20H21FN2O4/c1-26-17-6-3-12(9-18(17)27-2)7-8-22-20(25)15-11-19(24)23-16-10-13(21)4-5-14(15)16/h3-6,9-10,15H,7-8,11H2,1-2H3,(H,22,25)(H,23,24). The van der Waals surface area contributed by atoms with E-state index in [9.17, 15) is 14.0 Å². The fourth-order valence-corrected chi connectivity index (χ4v) is 3.16. The van der Waals surface area contributed by atoms with Crippen molar-refractivity contribution in [3.63, 3.8) is 0 Å². The third kappa shape index (κ3) is 4.19. The summed E-state index contributed by atoms with van der Waals surface area (Å²) in [6, 6.07) is 9.64. The first-order valence-electron chi connectivity index (χ1n) is 8.59. The molecule has 6 nitrogen and oxygen atoms in total. The summed E-state index contributed by atoms with van der Waals surface area (Å²) in [5, 5.41) is 5.46. The smallest absolute Gasteiger partial charge is 0.228 e. The molecule has 0 fully saturated rings. The van der Waals surface area contributed by atoms with Gasteiger partial charge in [-0.05, 0) is 41.8 Å². The van der Waals surface area contributed by atoms with E-state index in [-0.39, 0.29) is 18.2 Å². The van der Waals surface area contributed by atoms with Gasteiger partial charge in [0.15, 0.2) is 11.5 Å². The minimum atomic E-state index is -0.625. The Bertz CT molecular complexity index is 869. The molecule has 0 aliphatic carbocycles. The van der Waals surface area contributed by atoms with E-state index in [1.54, 1.807) is 20.3 Å². The molecule has 7 heteroatoms. The lowest BCUT2D eigenvalue weighted by molar-refractivity contribution is -0.126. The SMILES string of the molecule is COc1ccc(CCNC(=O)C2CC(=O)Nc3cc(F)ccc32)cc1OC. The van der Waals surface area contributed by atoms with Crippen LogP contribution >= 0.6 is 0 Å². The van der Waals surface area contributed by atoms with Crippen LogP contribution in [0.2, 0.25) is 0 Å². The Labute approximate surface area is 156 Å². The normalized spacial score (nSPS) is 15.5. The Morgan fingerprint density at radius 2 is 1.96 bits per heavy atom. The lowest BCUT2D eigenvalue weighted by Crippen LogP contribution is -2.36. The molecule has 0 radical (unpaired) electrons. The average Bonchev–Trinajstić information content (AvgIpc) is 2.66. The Morgan fingerprint density at radius 3 is 2.70 bits per heavy atom. The molecule has 27 heavy (non-hydrogen) atoms. The second-order valence-corrected chi connectivity index (χ2v) is 6.27. The molecule has 3 rings (SSSR count). The monoisotopic (exact) mass is 372 g/mol. The number of anilines is 1. The zero-order chi connectivity index (χ0) is 19.4. The van der Waals surface area contributed by atoms with E-state index in [0.29, 0.717) is 35.7 Å². The van der Waals surface area contributed by atoms with E-state index in [1.165, 1.54) is 12.1 Å². The topological polar surface area (TPSA) is 76.7 Å². The van der Waals surface area contributed by atoms with Crippen molar-refractivity contribution < 1.29 is 23.5 Å². The Hall–Kier alpha value is -3.09. The van der Waals surface area contributed by atoms with Gasteiger partial charge in [0.1, 0.15) is 5.82 Å². The van der Waals surface area contributed by atoms with Gasteiger partial charge < -0.3 is 20.1 Å². The molecule has 1 heterocycles. The number of carbonyl (C=O) groups excluding carboxylic acids is 2. The molecule has 2 aromatic carbocycles. The quantitative estimate of drug-likeness (QED) is 0.817. The van der Waals surface area contributed by atoms with Gasteiger partial charge in [-0.25, -0.2) is 4.39 Å². The molecule has 1 unspecified atom stereocenters. The molecule has 142 valence electrons. The molecular weight excluding hydrogens is 351 g/mol. The van der Waals surface area contributed by atoms with Crippen LogP contribution in [0.1, 0.15) is 23.5 Å². The molecule has 1 aliphatic rings. The maximum Gasteiger partial charge on any atom is 0.228 e. The van der Waals surface area contributed by atoms with E-state index in [0.717, 1.165) is 5.56 Å². The first-order chi connectivity index (χ1) is 13.0. The molecule has 2 N–H and O–H groups in total. The minimum Gasteiger partial charge on any atom is -0.493 e. The van der Waals surface area contributed by atoms with Crippen molar-refractivity contribution in [2.75, 3.05) is 26.1 Å². The minimum absolute atomic E-state index is 0.0425. The number of methoxy groups -OCH3 is 2. The molecule has 2 aromatic rings. The number of rotatable bonds is 6. The van der Waals surface area contributed by atoms with Gasteiger partial charge in [0.05, 0.1) is 20.1 Å². The third-order valence-corrected chi connectivity index (χ3v) is 4.53. The molecule has 2 amide bonds. The van der Waals surface area contributed by atoms with Gasteiger partial charge in [0.2, 0.25) is 11.8 Å². The van der Waals surface area contributed by atoms with Crippen LogP contribution in [0, 0.1) is 5.82 Å². The number of halogens is 1. The van der Waals surface area contributed by atoms with Crippen LogP contribution in [0.15, 0.2) is 36.4 Å². The maximum absolute atomic E-state index is 13.4. The number of hydrogen-bond acceptors (Lipinski definition) is 4. The molecule has 0 spiro atoms. The van der Waals surface area contributed by atoms with Gasteiger partial charge in [-0.15, -0.1) is 0 Å². The fourth-order valence-electron chi connectivity index (χ4n) is 3.16. The van der Waals surface area contributed by atoms with Crippen molar-refractivity contribution in [3.05, 3.63) is 53.3 Å². The number of hydrogen-bond donors (Lipinski definition) is 2. The van der Waals surface area contributed by atoms with Gasteiger partial charge in [0.25, 0.3) is 0 Å². The van der Waals surface area contributed by atoms with Crippen LogP contribution in [0.4, 0.5) is 10.1 Å². The number of ether oxygens (including phenoxy) is 2. The number of fused-ring (bicyclic) bond motifs is 1. The van der Waals surface area contributed by atoms with E-state index < -0.39 is 11.7 Å². The van der Waals surface area contributed by atoms with Crippen molar-refractivity contribution in [1.29, 1.82) is 0 Å². The van der Waals surface area contributed by atoms with E-state index in [1.807, 2.05) is 18.2 Å². The third-order valence-electron chi connectivity index (χ3n) is 4.53. The highest BCUT2D eigenvalue weighted by Crippen LogP contribution is 2.33. The summed E-state index contributed by atoms with van der Waals surface area (Å²) in [5.41, 5.74) is 1.96. The number of benzene rings is 2. The first-order valence-corrected chi connectivity index (χ1v) is 8.59. The lowest BCUT2D eigenvalue weighted by atomic mass is 9.89. The average molecular weight is 372 g/mol. The Balaban J connectivity index is 1.64. The maximum atomic E-state index is 13.4. The van der Waals surface area contributed by atoms with Gasteiger partial charge in [-0.1, -0.05) is 12.1 Å². The van der Waals surface area contributed by atoms with Gasteiger partial charge in [-0.2, -0.15) is 0 Å². The van der Waals surface area contributed by atoms with E-state index >= 15 is 0 Å². The van der Waals surface area contributed by atoms with E-state index in [4.69, 9.17) is 9.47 Å². The zero-order valence-corrected chi connectivity index (χ0v) is 15.2. The van der Waals surface area contributed by atoms with Crippen LogP contribution < -0.4 is 20.1 Å². The Kier molecular flexibility index (Phi) is 5.59. The van der Waals surface area contributed by atoms with Crippen LogP contribution in [-0.2, 0) is 16.0 Å². The summed E-state index contributed by atoms with van der Waals surface area (Å²) >= 11 is 0. The second kappa shape index (κ2) is 8.07. The summed E-state index contributed by atoms with van der Waals surface area (Å²) < 4.78 is 23.9. The molecule has 0 saturated heterocycles. The Morgan fingerprint density at radius 1 is 1.19 bits per heavy atom. The molecule has 0 saturated carbocycles. The summed E-state index contributed by atoms with van der Waals surface area (Å²) in [6.45, 7) is 0.406. The molecule has 0 aromatic heterocycles. The van der Waals surface area contributed by atoms with Crippen molar-refractivity contribution in [1.82, 2.24) is 5.32 Å². The number of amides is 2. The van der Waals surface area contributed by atoms with Crippen molar-refractivity contribution in [2.45, 2.75) is 18.8 Å². The first kappa shape index (κ1) is 18.7. The highest BCUT2D eigenvalue weighted by atomic mass is 19.1. The highest BCUT2D eigenvalue weighted by Gasteiger charge is 2.30. The van der Waals surface area contributed by atoms with Crippen molar-refractivity contribution >= 4 is 17.5 Å². The zero-order valence-electron chi connectivity index (χ0n) is 15.2. The van der Waals surface area contributed by atoms with Crippen LogP contribution in [0.3, 0.4) is 0 Å². The summed E-state index contributed by atoms with van der Waals surface area (Å²) in [6.07, 6.45) is 0.641. The summed E-state index contributed by atoms with van der Waals surface area (Å²) in [7, 11) is 3.14. The van der Waals surface area contributed by atoms with Gasteiger partial charge in [-0.3, -0.25) is 9.59 Å². The largest absolute Gasteiger partial charge is 0.493 e. The van der Waals surface area contributed by atoms with Crippen molar-refractivity contribution in [2.24, 2.45) is 0 Å². The van der Waals surface area contributed by atoms with Crippen LogP contribution in [0.5, 0.6) is 11.5 Å². The number of nitrogens with one attached hydrogen (secondary N) is 2. The van der Waals surface area contributed by atoms with Gasteiger partial charge >= 0.3 is 0 Å².